The first-order chi connectivity index (χ1) is 22.3. The van der Waals surface area contributed by atoms with Gasteiger partial charge in [-0.2, -0.15) is 0 Å². The summed E-state index contributed by atoms with van der Waals surface area (Å²) in [5, 5.41) is 2.64. The Morgan fingerprint density at radius 3 is 1.50 bits per heavy atom. The molecule has 4 nitrogen and oxygen atoms in total. The van der Waals surface area contributed by atoms with E-state index in [1.165, 1.54) is 59.6 Å². The maximum Gasteiger partial charge on any atom is 0.125 e. The van der Waals surface area contributed by atoms with E-state index in [2.05, 4.69) is 95.3 Å². The van der Waals surface area contributed by atoms with Gasteiger partial charge >= 0.3 is 0 Å². The molecule has 1 aliphatic carbocycles. The number of pyridine rings is 2. The second-order valence-electron chi connectivity index (χ2n) is 11.5. The number of aryl methyl sites for hydroxylation is 5. The van der Waals surface area contributed by atoms with E-state index in [1.807, 2.05) is 75.5 Å². The van der Waals surface area contributed by atoms with Gasteiger partial charge in [0.05, 0.1) is 0 Å². The molecule has 1 saturated carbocycles. The number of aromatic nitrogens is 4. The molecule has 0 amide bonds. The molecule has 0 N–H and O–H groups in total. The molecule has 3 heterocycles. The van der Waals surface area contributed by atoms with Gasteiger partial charge in [0.25, 0.3) is 0 Å². The van der Waals surface area contributed by atoms with Gasteiger partial charge in [-0.1, -0.05) is 135 Å². The van der Waals surface area contributed by atoms with Crippen LogP contribution in [-0.2, 0) is 0 Å². The zero-order valence-electron chi connectivity index (χ0n) is 28.7. The van der Waals surface area contributed by atoms with Crippen LogP contribution in [0.1, 0.15) is 67.2 Å². The van der Waals surface area contributed by atoms with Gasteiger partial charge in [0.15, 0.2) is 0 Å². The van der Waals surface area contributed by atoms with Crippen molar-refractivity contribution in [3.63, 3.8) is 0 Å². The highest BCUT2D eigenvalue weighted by Crippen LogP contribution is 2.22. The first kappa shape index (κ1) is 37.5. The predicted molar refractivity (Wildman–Crippen MR) is 197 cm³/mol. The predicted octanol–water partition coefficient (Wildman–Crippen LogP) is 11.3. The summed E-state index contributed by atoms with van der Waals surface area (Å²) >= 11 is 0. The molecule has 3 aromatic heterocycles. The van der Waals surface area contributed by atoms with Crippen molar-refractivity contribution in [2.75, 3.05) is 0 Å². The van der Waals surface area contributed by atoms with Crippen molar-refractivity contribution < 1.29 is 0 Å². The lowest BCUT2D eigenvalue weighted by atomic mass is 9.91. The van der Waals surface area contributed by atoms with Gasteiger partial charge in [-0.15, -0.1) is 0 Å². The van der Waals surface area contributed by atoms with E-state index in [9.17, 15) is 0 Å². The Kier molecular flexibility index (Phi) is 19.3. The van der Waals surface area contributed by atoms with Crippen molar-refractivity contribution in [1.29, 1.82) is 0 Å². The molecule has 6 aromatic rings. The standard InChI is InChI=1S/C11H10.C7H14.C7H8.2C6H7N.C5H6N2/c1-9-6-7-10-4-2-3-5-11(10)8-9;2*1-7-5-3-2-4-6-7;1-6-3-2-4-7-5-6;1-6-4-2-3-5-7-6;1-5-6-3-2-4-7-5/h2-8H,1H3;7H,2-6H2,1H3;2-6H,1H3;2*2-5H,1H3;2-4H,1H3. The van der Waals surface area contributed by atoms with Gasteiger partial charge in [-0.25, -0.2) is 9.97 Å². The monoisotopic (exact) mass is 612 g/mol. The summed E-state index contributed by atoms with van der Waals surface area (Å²) in [5.74, 6) is 1.86. The van der Waals surface area contributed by atoms with Crippen molar-refractivity contribution in [2.24, 2.45) is 5.92 Å². The summed E-state index contributed by atoms with van der Waals surface area (Å²) in [7, 11) is 0. The van der Waals surface area contributed by atoms with Crippen LogP contribution in [0.3, 0.4) is 0 Å². The van der Waals surface area contributed by atoms with Crippen molar-refractivity contribution in [3.8, 4) is 0 Å². The molecule has 3 aromatic carbocycles. The molecule has 0 unspecified atom stereocenters. The van der Waals surface area contributed by atoms with E-state index < -0.39 is 0 Å². The van der Waals surface area contributed by atoms with E-state index in [4.69, 9.17) is 0 Å². The molecule has 0 atom stereocenters. The van der Waals surface area contributed by atoms with Gasteiger partial charge in [-0.3, -0.25) is 9.97 Å². The minimum absolute atomic E-state index is 0.822. The minimum atomic E-state index is 0.822. The Balaban J connectivity index is 0.000000194. The first-order valence-electron chi connectivity index (χ1n) is 16.3. The third kappa shape index (κ3) is 18.9. The first-order valence-corrected chi connectivity index (χ1v) is 16.3. The van der Waals surface area contributed by atoms with Crippen LogP contribution in [-0.4, -0.2) is 19.9 Å². The van der Waals surface area contributed by atoms with Crippen LogP contribution in [0.2, 0.25) is 0 Å². The molecule has 240 valence electrons. The quantitative estimate of drug-likeness (QED) is 0.171. The van der Waals surface area contributed by atoms with Gasteiger partial charge in [0.2, 0.25) is 0 Å². The van der Waals surface area contributed by atoms with Crippen LogP contribution < -0.4 is 0 Å². The fourth-order valence-corrected chi connectivity index (χ4v) is 4.42. The number of hydrogen-bond donors (Lipinski definition) is 0. The summed E-state index contributed by atoms with van der Waals surface area (Å²) in [4.78, 5) is 15.6. The molecule has 1 fully saturated rings. The van der Waals surface area contributed by atoms with E-state index in [0.717, 1.165) is 17.4 Å². The Bertz CT molecular complexity index is 1400. The molecule has 0 spiro atoms. The second kappa shape index (κ2) is 23.7. The highest BCUT2D eigenvalue weighted by atomic mass is 14.8. The third-order valence-corrected chi connectivity index (χ3v) is 7.06. The molecule has 0 radical (unpaired) electrons. The molecule has 4 heteroatoms. The van der Waals surface area contributed by atoms with Crippen LogP contribution >= 0.6 is 0 Å². The highest BCUT2D eigenvalue weighted by Gasteiger charge is 2.06. The molecule has 7 rings (SSSR count). The highest BCUT2D eigenvalue weighted by molar-refractivity contribution is 5.82. The summed E-state index contributed by atoms with van der Waals surface area (Å²) in [6.45, 7) is 12.4. The maximum absolute atomic E-state index is 3.98. The van der Waals surface area contributed by atoms with Crippen LogP contribution in [0.25, 0.3) is 10.8 Å². The summed E-state index contributed by atoms with van der Waals surface area (Å²) in [6.07, 6.45) is 16.3. The lowest BCUT2D eigenvalue weighted by molar-refractivity contribution is 0.385. The zero-order chi connectivity index (χ0) is 33.2. The lowest BCUT2D eigenvalue weighted by Crippen LogP contribution is -1.99. The lowest BCUT2D eigenvalue weighted by Gasteiger charge is -2.15. The van der Waals surface area contributed by atoms with Crippen LogP contribution in [0.4, 0.5) is 0 Å². The largest absolute Gasteiger partial charge is 0.264 e. The number of hydrogen-bond acceptors (Lipinski definition) is 4. The summed E-state index contributed by atoms with van der Waals surface area (Å²) < 4.78 is 0. The molecule has 46 heavy (non-hydrogen) atoms. The smallest absolute Gasteiger partial charge is 0.125 e. The van der Waals surface area contributed by atoms with E-state index >= 15 is 0 Å². The minimum Gasteiger partial charge on any atom is -0.264 e. The Hall–Kier alpha value is -4.70. The number of fused-ring (bicyclic) bond motifs is 1. The average molecular weight is 613 g/mol. The van der Waals surface area contributed by atoms with Crippen LogP contribution in [0.5, 0.6) is 0 Å². The van der Waals surface area contributed by atoms with Gasteiger partial charge in [0, 0.05) is 36.7 Å². The summed E-state index contributed by atoms with van der Waals surface area (Å²) in [6, 6.07) is 36.8. The molecular formula is C42H52N4. The Labute approximate surface area is 278 Å². The van der Waals surface area contributed by atoms with Crippen LogP contribution in [0.15, 0.2) is 140 Å². The molecule has 0 aliphatic heterocycles. The van der Waals surface area contributed by atoms with Crippen molar-refractivity contribution in [3.05, 3.63) is 168 Å². The topological polar surface area (TPSA) is 51.6 Å². The Morgan fingerprint density at radius 2 is 1.09 bits per heavy atom. The Morgan fingerprint density at radius 1 is 0.478 bits per heavy atom. The number of nitrogens with zero attached hydrogens (tertiary/aromatic N) is 4. The second-order valence-corrected chi connectivity index (χ2v) is 11.5. The fourth-order valence-electron chi connectivity index (χ4n) is 4.42. The van der Waals surface area contributed by atoms with E-state index in [1.54, 1.807) is 30.9 Å². The van der Waals surface area contributed by atoms with Crippen molar-refractivity contribution in [2.45, 2.75) is 73.6 Å². The normalized spacial score (nSPS) is 11.6. The van der Waals surface area contributed by atoms with Gasteiger partial charge in [0.1, 0.15) is 5.82 Å². The van der Waals surface area contributed by atoms with E-state index in [0.29, 0.717) is 0 Å². The SMILES string of the molecule is CC1CCCCC1.Cc1ccc2ccccc2c1.Cc1ccccc1.Cc1ccccn1.Cc1cccnc1.Cc1ncccn1. The van der Waals surface area contributed by atoms with Crippen LogP contribution in [0, 0.1) is 40.5 Å². The molecular weight excluding hydrogens is 560 g/mol. The molecule has 0 bridgehead atoms. The van der Waals surface area contributed by atoms with Crippen molar-refractivity contribution in [1.82, 2.24) is 19.9 Å². The molecule has 0 saturated heterocycles. The van der Waals surface area contributed by atoms with Gasteiger partial charge in [-0.05, 0) is 81.1 Å². The van der Waals surface area contributed by atoms with Crippen molar-refractivity contribution >= 4 is 10.8 Å². The number of benzene rings is 3. The van der Waals surface area contributed by atoms with E-state index in [-0.39, 0.29) is 0 Å². The molecule has 1 aliphatic rings. The third-order valence-electron chi connectivity index (χ3n) is 7.06. The average Bonchev–Trinajstić information content (AvgIpc) is 3.08. The summed E-state index contributed by atoms with van der Waals surface area (Å²) in [5.41, 5.74) is 4.93. The zero-order valence-corrected chi connectivity index (χ0v) is 28.7. The number of rotatable bonds is 0. The van der Waals surface area contributed by atoms with Gasteiger partial charge < -0.3 is 0 Å². The fraction of sp³-hybridized carbons (Fsp3) is 0.286. The maximum atomic E-state index is 3.98.